The van der Waals surface area contributed by atoms with Crippen LogP contribution in [-0.4, -0.2) is 16.8 Å². The number of carbonyl (C=O) groups is 1. The van der Waals surface area contributed by atoms with E-state index in [0.717, 1.165) is 16.4 Å². The number of aryl methyl sites for hydroxylation is 1. The van der Waals surface area contributed by atoms with Crippen LogP contribution in [0.15, 0.2) is 24.3 Å². The van der Waals surface area contributed by atoms with E-state index < -0.39 is 0 Å². The van der Waals surface area contributed by atoms with Gasteiger partial charge in [0.25, 0.3) is 0 Å². The van der Waals surface area contributed by atoms with Crippen LogP contribution in [0, 0.1) is 6.92 Å². The van der Waals surface area contributed by atoms with Crippen molar-refractivity contribution in [2.75, 3.05) is 5.75 Å². The van der Waals surface area contributed by atoms with Crippen LogP contribution in [-0.2, 0) is 0 Å². The van der Waals surface area contributed by atoms with Gasteiger partial charge in [0, 0.05) is 10.8 Å². The van der Waals surface area contributed by atoms with Crippen LogP contribution >= 0.6 is 11.8 Å². The lowest BCUT2D eigenvalue weighted by Gasteiger charge is -2.20. The molecule has 0 spiro atoms. The molecular weight excluding hydrogens is 228 g/mol. The molecule has 0 aromatic heterocycles. The molecular formula is C15H20OS. The molecule has 0 N–H and O–H groups in total. The van der Waals surface area contributed by atoms with Gasteiger partial charge in [-0.2, -0.15) is 11.8 Å². The molecule has 0 amide bonds. The molecule has 0 bridgehead atoms. The molecule has 1 nitrogen and oxygen atoms in total. The number of rotatable bonds is 4. The molecule has 0 atom stereocenters. The number of carbonyl (C=O) groups excluding carboxylic acids is 1. The molecule has 1 aliphatic carbocycles. The zero-order valence-corrected chi connectivity index (χ0v) is 11.3. The number of ketones is 1. The fourth-order valence-corrected chi connectivity index (χ4v) is 3.60. The summed E-state index contributed by atoms with van der Waals surface area (Å²) in [7, 11) is 0. The van der Waals surface area contributed by atoms with Gasteiger partial charge in [0.05, 0.1) is 5.75 Å². The Hall–Kier alpha value is -0.760. The van der Waals surface area contributed by atoms with Crippen molar-refractivity contribution in [3.05, 3.63) is 35.4 Å². The van der Waals surface area contributed by atoms with Crippen molar-refractivity contribution in [3.8, 4) is 0 Å². The van der Waals surface area contributed by atoms with Crippen molar-refractivity contribution in [1.29, 1.82) is 0 Å². The predicted molar refractivity (Wildman–Crippen MR) is 74.8 cm³/mol. The van der Waals surface area contributed by atoms with Crippen molar-refractivity contribution in [2.24, 2.45) is 0 Å². The van der Waals surface area contributed by atoms with Gasteiger partial charge in [-0.25, -0.2) is 0 Å². The Labute approximate surface area is 108 Å². The molecule has 0 saturated heterocycles. The first-order valence-corrected chi connectivity index (χ1v) is 7.52. The molecule has 1 saturated carbocycles. The molecule has 0 radical (unpaired) electrons. The van der Waals surface area contributed by atoms with E-state index in [1.807, 2.05) is 43.0 Å². The summed E-state index contributed by atoms with van der Waals surface area (Å²) in [6, 6.07) is 7.89. The van der Waals surface area contributed by atoms with Gasteiger partial charge >= 0.3 is 0 Å². The van der Waals surface area contributed by atoms with E-state index in [-0.39, 0.29) is 0 Å². The maximum Gasteiger partial charge on any atom is 0.172 e. The Bertz CT molecular complexity index is 380. The SMILES string of the molecule is Cc1ccccc1C(=O)CSC1CCCCC1. The highest BCUT2D eigenvalue weighted by Crippen LogP contribution is 2.28. The second kappa shape index (κ2) is 6.25. The molecule has 1 aliphatic rings. The lowest BCUT2D eigenvalue weighted by atomic mass is 10.0. The molecule has 1 aromatic carbocycles. The number of thioether (sulfide) groups is 1. The van der Waals surface area contributed by atoms with Gasteiger partial charge in [0.1, 0.15) is 0 Å². The van der Waals surface area contributed by atoms with Crippen LogP contribution in [0.3, 0.4) is 0 Å². The summed E-state index contributed by atoms with van der Waals surface area (Å²) in [6.07, 6.45) is 6.66. The van der Waals surface area contributed by atoms with E-state index in [9.17, 15) is 4.79 Å². The minimum Gasteiger partial charge on any atom is -0.293 e. The van der Waals surface area contributed by atoms with Gasteiger partial charge < -0.3 is 0 Å². The predicted octanol–water partition coefficient (Wildman–Crippen LogP) is 4.24. The summed E-state index contributed by atoms with van der Waals surface area (Å²) in [5, 5.41) is 0.719. The third-order valence-corrected chi connectivity index (χ3v) is 4.82. The second-order valence-electron chi connectivity index (χ2n) is 4.81. The first kappa shape index (κ1) is 12.7. The van der Waals surface area contributed by atoms with E-state index in [4.69, 9.17) is 0 Å². The van der Waals surface area contributed by atoms with Crippen LogP contribution in [0.25, 0.3) is 0 Å². The van der Waals surface area contributed by atoms with Gasteiger partial charge in [-0.15, -0.1) is 0 Å². The molecule has 17 heavy (non-hydrogen) atoms. The second-order valence-corrected chi connectivity index (χ2v) is 6.10. The fraction of sp³-hybridized carbons (Fsp3) is 0.533. The maximum atomic E-state index is 12.1. The first-order valence-electron chi connectivity index (χ1n) is 6.48. The molecule has 2 heteroatoms. The van der Waals surface area contributed by atoms with Crippen molar-refractivity contribution in [1.82, 2.24) is 0 Å². The minimum atomic E-state index is 0.290. The standard InChI is InChI=1S/C15H20OS/c1-12-7-5-6-10-14(12)15(16)11-17-13-8-3-2-4-9-13/h5-7,10,13H,2-4,8-9,11H2,1H3. The van der Waals surface area contributed by atoms with Crippen molar-refractivity contribution in [2.45, 2.75) is 44.3 Å². The average molecular weight is 248 g/mol. The molecule has 0 heterocycles. The van der Waals surface area contributed by atoms with Gasteiger partial charge in [-0.05, 0) is 25.3 Å². The summed E-state index contributed by atoms with van der Waals surface area (Å²) in [5.41, 5.74) is 2.00. The molecule has 1 fully saturated rings. The van der Waals surface area contributed by atoms with Crippen LogP contribution in [0.2, 0.25) is 0 Å². The van der Waals surface area contributed by atoms with Gasteiger partial charge in [0.15, 0.2) is 5.78 Å². The van der Waals surface area contributed by atoms with E-state index in [1.165, 1.54) is 32.1 Å². The summed E-state index contributed by atoms with van der Waals surface area (Å²) in [4.78, 5) is 12.1. The molecule has 2 rings (SSSR count). The Morgan fingerprint density at radius 2 is 1.94 bits per heavy atom. The van der Waals surface area contributed by atoms with Crippen LogP contribution in [0.5, 0.6) is 0 Å². The summed E-state index contributed by atoms with van der Waals surface area (Å²) in [6.45, 7) is 2.01. The Morgan fingerprint density at radius 3 is 2.65 bits per heavy atom. The zero-order valence-electron chi connectivity index (χ0n) is 10.4. The average Bonchev–Trinajstić information content (AvgIpc) is 2.38. The fourth-order valence-electron chi connectivity index (χ4n) is 2.39. The number of hydrogen-bond donors (Lipinski definition) is 0. The number of hydrogen-bond acceptors (Lipinski definition) is 2. The quantitative estimate of drug-likeness (QED) is 0.741. The zero-order chi connectivity index (χ0) is 12.1. The minimum absolute atomic E-state index is 0.290. The monoisotopic (exact) mass is 248 g/mol. The number of benzene rings is 1. The van der Waals surface area contributed by atoms with Crippen molar-refractivity contribution < 1.29 is 4.79 Å². The van der Waals surface area contributed by atoms with E-state index in [0.29, 0.717) is 11.5 Å². The highest BCUT2D eigenvalue weighted by molar-refractivity contribution is 8.00. The van der Waals surface area contributed by atoms with E-state index >= 15 is 0 Å². The van der Waals surface area contributed by atoms with Gasteiger partial charge in [0.2, 0.25) is 0 Å². The Balaban J connectivity index is 1.87. The van der Waals surface area contributed by atoms with Crippen LogP contribution < -0.4 is 0 Å². The third kappa shape index (κ3) is 3.60. The topological polar surface area (TPSA) is 17.1 Å². The highest BCUT2D eigenvalue weighted by Gasteiger charge is 2.16. The lowest BCUT2D eigenvalue weighted by molar-refractivity contribution is 0.102. The lowest BCUT2D eigenvalue weighted by Crippen LogP contribution is -2.12. The summed E-state index contributed by atoms with van der Waals surface area (Å²) >= 11 is 1.86. The summed E-state index contributed by atoms with van der Waals surface area (Å²) in [5.74, 6) is 0.939. The largest absolute Gasteiger partial charge is 0.293 e. The van der Waals surface area contributed by atoms with E-state index in [2.05, 4.69) is 0 Å². The van der Waals surface area contributed by atoms with Crippen molar-refractivity contribution >= 4 is 17.5 Å². The highest BCUT2D eigenvalue weighted by atomic mass is 32.2. The van der Waals surface area contributed by atoms with Crippen LogP contribution in [0.1, 0.15) is 48.0 Å². The maximum absolute atomic E-state index is 12.1. The Kier molecular flexibility index (Phi) is 4.66. The van der Waals surface area contributed by atoms with Gasteiger partial charge in [-0.1, -0.05) is 43.5 Å². The van der Waals surface area contributed by atoms with Crippen molar-refractivity contribution in [3.63, 3.8) is 0 Å². The smallest absolute Gasteiger partial charge is 0.172 e. The molecule has 92 valence electrons. The first-order chi connectivity index (χ1) is 8.27. The number of Topliss-reactive ketones (excluding diaryl/α,β-unsaturated/α-hetero) is 1. The Morgan fingerprint density at radius 1 is 1.24 bits per heavy atom. The molecule has 1 aromatic rings. The molecule has 0 aliphatic heterocycles. The molecule has 0 unspecified atom stereocenters. The summed E-state index contributed by atoms with van der Waals surface area (Å²) < 4.78 is 0. The van der Waals surface area contributed by atoms with Gasteiger partial charge in [-0.3, -0.25) is 4.79 Å². The van der Waals surface area contributed by atoms with E-state index in [1.54, 1.807) is 0 Å². The normalized spacial score (nSPS) is 17.0. The third-order valence-electron chi connectivity index (χ3n) is 3.45. The van der Waals surface area contributed by atoms with Crippen LogP contribution in [0.4, 0.5) is 0 Å².